The Labute approximate surface area is 297 Å². The number of imidazole rings is 2. The maximum Gasteiger partial charge on any atom is 0.410 e. The number of furan rings is 1. The van der Waals surface area contributed by atoms with Gasteiger partial charge in [-0.25, -0.2) is 19.6 Å². The number of nitrogens with one attached hydrogen (secondary N) is 2. The maximum atomic E-state index is 12.9. The SMILES string of the molecule is CC(C)(C)OC(=O)N1CCC[C@H]1c1ncc(-c2ccc3c(c2)CCc2c-3oc3ccc(-c4cnc([C@@H]5CCCN5C(=O)OC(C)(C)C)[nH]4)cc23)[nH]1. The highest BCUT2D eigenvalue weighted by molar-refractivity contribution is 5.92. The van der Waals surface area contributed by atoms with Crippen LogP contribution in [0.15, 0.2) is 53.2 Å². The van der Waals surface area contributed by atoms with E-state index in [0.29, 0.717) is 13.1 Å². The van der Waals surface area contributed by atoms with Gasteiger partial charge in [-0.05, 0) is 115 Å². The van der Waals surface area contributed by atoms with Crippen LogP contribution in [0.2, 0.25) is 0 Å². The number of hydrogen-bond donors (Lipinski definition) is 2. The van der Waals surface area contributed by atoms with Gasteiger partial charge in [0.05, 0.1) is 35.9 Å². The third-order valence-electron chi connectivity index (χ3n) is 9.99. The Morgan fingerprint density at radius 3 is 1.88 bits per heavy atom. The molecule has 0 radical (unpaired) electrons. The smallest absolute Gasteiger partial charge is 0.410 e. The molecule has 8 rings (SSSR count). The van der Waals surface area contributed by atoms with E-state index < -0.39 is 11.2 Å². The summed E-state index contributed by atoms with van der Waals surface area (Å²) in [4.78, 5) is 45.8. The molecule has 2 amide bonds. The largest absolute Gasteiger partial charge is 0.456 e. The van der Waals surface area contributed by atoms with Crippen molar-refractivity contribution in [3.63, 3.8) is 0 Å². The lowest BCUT2D eigenvalue weighted by molar-refractivity contribution is 0.0208. The molecule has 0 spiro atoms. The van der Waals surface area contributed by atoms with E-state index in [1.807, 2.05) is 60.0 Å². The molecule has 3 aliphatic rings. The molecular weight excluding hydrogens is 644 g/mol. The molecular formula is C40H46N6O5. The van der Waals surface area contributed by atoms with Gasteiger partial charge < -0.3 is 23.9 Å². The van der Waals surface area contributed by atoms with Crippen molar-refractivity contribution in [2.24, 2.45) is 0 Å². The quantitative estimate of drug-likeness (QED) is 0.192. The number of ether oxygens (including phenoxy) is 2. The van der Waals surface area contributed by atoms with Crippen LogP contribution >= 0.6 is 0 Å². The number of carbonyl (C=O) groups excluding carboxylic acids is 2. The fourth-order valence-electron chi connectivity index (χ4n) is 7.72. The van der Waals surface area contributed by atoms with E-state index in [0.717, 1.165) is 95.0 Å². The number of rotatable bonds is 4. The van der Waals surface area contributed by atoms with Crippen LogP contribution in [0.3, 0.4) is 0 Å². The molecule has 2 aliphatic heterocycles. The number of nitrogens with zero attached hydrogens (tertiary/aromatic N) is 4. The van der Waals surface area contributed by atoms with E-state index >= 15 is 0 Å². The van der Waals surface area contributed by atoms with Gasteiger partial charge in [0.15, 0.2) is 0 Å². The summed E-state index contributed by atoms with van der Waals surface area (Å²) in [7, 11) is 0. The molecule has 5 aromatic rings. The number of likely N-dealkylation sites (tertiary alicyclic amines) is 2. The average molecular weight is 691 g/mol. The van der Waals surface area contributed by atoms with Gasteiger partial charge in [-0.1, -0.05) is 12.1 Å². The molecule has 11 nitrogen and oxygen atoms in total. The molecule has 0 unspecified atom stereocenters. The predicted molar refractivity (Wildman–Crippen MR) is 194 cm³/mol. The normalized spacial score (nSPS) is 19.0. The van der Waals surface area contributed by atoms with E-state index in [1.54, 1.807) is 9.80 Å². The van der Waals surface area contributed by atoms with Crippen molar-refractivity contribution in [1.29, 1.82) is 0 Å². The van der Waals surface area contributed by atoms with Crippen molar-refractivity contribution in [2.45, 2.75) is 103 Å². The molecule has 0 saturated carbocycles. The fraction of sp³-hybridized carbons (Fsp3) is 0.450. The van der Waals surface area contributed by atoms with E-state index in [4.69, 9.17) is 23.9 Å². The average Bonchev–Trinajstić information content (AvgIpc) is 3.90. The summed E-state index contributed by atoms with van der Waals surface area (Å²) in [6.45, 7) is 12.6. The molecule has 2 atom stereocenters. The summed E-state index contributed by atoms with van der Waals surface area (Å²) in [5.41, 5.74) is 7.23. The lowest BCUT2D eigenvalue weighted by atomic mass is 9.88. The topological polar surface area (TPSA) is 130 Å². The molecule has 266 valence electrons. The third-order valence-corrected chi connectivity index (χ3v) is 9.99. The third kappa shape index (κ3) is 6.38. The zero-order valence-electron chi connectivity index (χ0n) is 30.3. The number of amides is 2. The lowest BCUT2D eigenvalue weighted by Gasteiger charge is -2.27. The Bertz CT molecular complexity index is 2130. The highest BCUT2D eigenvalue weighted by atomic mass is 16.6. The van der Waals surface area contributed by atoms with Gasteiger partial charge >= 0.3 is 12.2 Å². The second-order valence-corrected chi connectivity index (χ2v) is 16.0. The minimum absolute atomic E-state index is 0.128. The molecule has 1 aliphatic carbocycles. The molecule has 5 heterocycles. The highest BCUT2D eigenvalue weighted by Gasteiger charge is 2.36. The van der Waals surface area contributed by atoms with E-state index in [-0.39, 0.29) is 24.3 Å². The van der Waals surface area contributed by atoms with Crippen LogP contribution in [0.1, 0.15) is 102 Å². The van der Waals surface area contributed by atoms with Crippen LogP contribution in [-0.4, -0.2) is 66.2 Å². The molecule has 2 saturated heterocycles. The first-order chi connectivity index (χ1) is 24.3. The van der Waals surface area contributed by atoms with E-state index in [2.05, 4.69) is 40.3 Å². The molecule has 2 aromatic carbocycles. The van der Waals surface area contributed by atoms with Crippen LogP contribution in [0, 0.1) is 0 Å². The van der Waals surface area contributed by atoms with Gasteiger partial charge in [-0.2, -0.15) is 0 Å². The standard InChI is InChI=1S/C40H46N6O5/c1-39(2,3)50-37(47)45-17-7-9-31(45)35-41-21-29(43-35)24-12-14-26-23(19-24)11-15-27-28-20-25(13-16-33(28)49-34(26)27)30-22-42-36(44-30)32-10-8-18-46(32)38(48)51-40(4,5)6/h12-14,16,19-22,31-32H,7-11,15,17-18H2,1-6H3,(H,41,43)(H,42,44)/t31-,32-/m0/s1. The molecule has 2 N–H and O–H groups in total. The first-order valence-corrected chi connectivity index (χ1v) is 18.1. The monoisotopic (exact) mass is 690 g/mol. The second-order valence-electron chi connectivity index (χ2n) is 16.0. The summed E-state index contributed by atoms with van der Waals surface area (Å²) >= 11 is 0. The molecule has 51 heavy (non-hydrogen) atoms. The van der Waals surface area contributed by atoms with Gasteiger partial charge in [0.25, 0.3) is 0 Å². The van der Waals surface area contributed by atoms with Crippen LogP contribution in [-0.2, 0) is 22.3 Å². The Hall–Kier alpha value is -5.06. The van der Waals surface area contributed by atoms with Crippen molar-refractivity contribution in [3.8, 4) is 33.8 Å². The van der Waals surface area contributed by atoms with Crippen molar-refractivity contribution < 1.29 is 23.5 Å². The van der Waals surface area contributed by atoms with Crippen molar-refractivity contribution in [3.05, 3.63) is 71.6 Å². The summed E-state index contributed by atoms with van der Waals surface area (Å²) in [6, 6.07) is 12.5. The maximum absolute atomic E-state index is 12.9. The molecule has 11 heteroatoms. The van der Waals surface area contributed by atoms with Crippen LogP contribution < -0.4 is 0 Å². The van der Waals surface area contributed by atoms with Crippen molar-refractivity contribution in [1.82, 2.24) is 29.7 Å². The number of benzene rings is 2. The van der Waals surface area contributed by atoms with Gasteiger partial charge in [-0.15, -0.1) is 0 Å². The zero-order valence-corrected chi connectivity index (χ0v) is 30.3. The van der Waals surface area contributed by atoms with Gasteiger partial charge in [0.2, 0.25) is 0 Å². The predicted octanol–water partition coefficient (Wildman–Crippen LogP) is 9.12. The minimum Gasteiger partial charge on any atom is -0.456 e. The fourth-order valence-corrected chi connectivity index (χ4v) is 7.72. The highest BCUT2D eigenvalue weighted by Crippen LogP contribution is 2.43. The van der Waals surface area contributed by atoms with Crippen molar-refractivity contribution >= 4 is 23.2 Å². The number of aryl methyl sites for hydroxylation is 2. The van der Waals surface area contributed by atoms with Gasteiger partial charge in [0, 0.05) is 35.2 Å². The number of H-pyrrole nitrogens is 2. The Morgan fingerprint density at radius 1 is 0.765 bits per heavy atom. The molecule has 3 aromatic heterocycles. The van der Waals surface area contributed by atoms with Crippen molar-refractivity contribution in [2.75, 3.05) is 13.1 Å². The van der Waals surface area contributed by atoms with Crippen LogP contribution in [0.5, 0.6) is 0 Å². The minimum atomic E-state index is -0.548. The van der Waals surface area contributed by atoms with E-state index in [1.165, 1.54) is 11.1 Å². The number of aromatic nitrogens is 4. The van der Waals surface area contributed by atoms with E-state index in [9.17, 15) is 9.59 Å². The first kappa shape index (κ1) is 33.1. The van der Waals surface area contributed by atoms with Gasteiger partial charge in [-0.3, -0.25) is 9.80 Å². The number of carbonyl (C=O) groups is 2. The lowest BCUT2D eigenvalue weighted by Crippen LogP contribution is -2.36. The summed E-state index contributed by atoms with van der Waals surface area (Å²) in [6.07, 6.45) is 8.40. The Balaban J connectivity index is 1.02. The summed E-state index contributed by atoms with van der Waals surface area (Å²) < 4.78 is 17.8. The molecule has 0 bridgehead atoms. The van der Waals surface area contributed by atoms with Gasteiger partial charge in [0.1, 0.15) is 34.2 Å². The Kier molecular flexibility index (Phi) is 7.99. The number of aromatic amines is 2. The number of fused-ring (bicyclic) bond motifs is 5. The molecule has 2 fully saturated rings. The van der Waals surface area contributed by atoms with Crippen LogP contribution in [0.25, 0.3) is 44.8 Å². The van der Waals surface area contributed by atoms with Crippen LogP contribution in [0.4, 0.5) is 9.59 Å². The first-order valence-electron chi connectivity index (χ1n) is 18.1. The number of hydrogen-bond acceptors (Lipinski definition) is 7. The second kappa shape index (κ2) is 12.3. The summed E-state index contributed by atoms with van der Waals surface area (Å²) in [5.74, 6) is 2.48. The summed E-state index contributed by atoms with van der Waals surface area (Å²) in [5, 5.41) is 1.11. The zero-order chi connectivity index (χ0) is 35.7. The Morgan fingerprint density at radius 2 is 1.31 bits per heavy atom.